The van der Waals surface area contributed by atoms with Crippen molar-refractivity contribution >= 4 is 16.9 Å². The summed E-state index contributed by atoms with van der Waals surface area (Å²) in [5, 5.41) is 8.84. The van der Waals surface area contributed by atoms with E-state index >= 15 is 0 Å². The molecule has 0 bridgehead atoms. The highest BCUT2D eigenvalue weighted by molar-refractivity contribution is 5.84. The summed E-state index contributed by atoms with van der Waals surface area (Å²) < 4.78 is 4.91. The molecule has 0 atom stereocenters. The highest BCUT2D eigenvalue weighted by Gasteiger charge is 1.92. The molecule has 1 aromatic carbocycles. The summed E-state index contributed by atoms with van der Waals surface area (Å²) in [7, 11) is 0. The molecule has 1 heterocycles. The second-order valence-electron chi connectivity index (χ2n) is 3.38. The minimum Gasteiger partial charge on any atom is -0.478 e. The van der Waals surface area contributed by atoms with Crippen molar-refractivity contribution in [3.05, 3.63) is 59.0 Å². The van der Waals surface area contributed by atoms with Crippen LogP contribution in [0.4, 0.5) is 0 Å². The van der Waals surface area contributed by atoms with Crippen LogP contribution in [0.15, 0.2) is 57.8 Å². The monoisotopic (exact) mass is 232 g/mol. The number of rotatable bonds is 1. The molecule has 2 aromatic rings. The van der Waals surface area contributed by atoms with E-state index in [-0.39, 0.29) is 11.2 Å². The van der Waals surface area contributed by atoms with E-state index < -0.39 is 5.97 Å². The second-order valence-corrected chi connectivity index (χ2v) is 3.38. The Balaban J connectivity index is 0.000000209. The van der Waals surface area contributed by atoms with Gasteiger partial charge in [0.25, 0.3) is 0 Å². The first-order valence-corrected chi connectivity index (χ1v) is 4.88. The van der Waals surface area contributed by atoms with E-state index in [2.05, 4.69) is 6.58 Å². The van der Waals surface area contributed by atoms with Crippen LogP contribution in [0, 0.1) is 0 Å². The number of hydrogen-bond donors (Lipinski definition) is 1. The molecule has 2 rings (SSSR count). The van der Waals surface area contributed by atoms with Crippen molar-refractivity contribution in [2.24, 2.45) is 0 Å². The number of benzene rings is 1. The lowest BCUT2D eigenvalue weighted by atomic mass is 10.2. The Morgan fingerprint density at radius 3 is 2.41 bits per heavy atom. The molecule has 0 amide bonds. The van der Waals surface area contributed by atoms with Gasteiger partial charge in [-0.15, -0.1) is 0 Å². The van der Waals surface area contributed by atoms with Gasteiger partial charge in [-0.25, -0.2) is 9.59 Å². The maximum absolute atomic E-state index is 10.7. The molecule has 1 aromatic heterocycles. The molecular formula is C13H12O4. The summed E-state index contributed by atoms with van der Waals surface area (Å²) in [6.07, 6.45) is 0. The number of carboxylic acid groups (broad SMARTS) is 1. The van der Waals surface area contributed by atoms with Gasteiger partial charge in [0.15, 0.2) is 0 Å². The molecule has 4 heteroatoms. The van der Waals surface area contributed by atoms with Crippen molar-refractivity contribution in [1.29, 1.82) is 0 Å². The van der Waals surface area contributed by atoms with E-state index in [4.69, 9.17) is 9.52 Å². The molecule has 0 aliphatic carbocycles. The average Bonchev–Trinajstić information content (AvgIpc) is 2.29. The minimum absolute atomic E-state index is 0.176. The third kappa shape index (κ3) is 3.95. The van der Waals surface area contributed by atoms with Gasteiger partial charge >= 0.3 is 11.6 Å². The van der Waals surface area contributed by atoms with Crippen LogP contribution in [-0.2, 0) is 4.79 Å². The standard InChI is InChI=1S/C9H6O2.C4H6O2/c10-9-6-5-7-3-1-2-4-8(7)11-9;1-3(2)4(5)6/h1-6H;1H2,2H3,(H,5,6). The van der Waals surface area contributed by atoms with Gasteiger partial charge in [0, 0.05) is 17.0 Å². The zero-order valence-corrected chi connectivity index (χ0v) is 9.34. The van der Waals surface area contributed by atoms with Crippen LogP contribution in [0.3, 0.4) is 0 Å². The van der Waals surface area contributed by atoms with Crippen molar-refractivity contribution in [2.45, 2.75) is 6.92 Å². The maximum atomic E-state index is 10.7. The first kappa shape index (κ1) is 12.7. The van der Waals surface area contributed by atoms with Gasteiger partial charge in [0.1, 0.15) is 5.58 Å². The summed E-state index contributed by atoms with van der Waals surface area (Å²) in [4.78, 5) is 20.3. The molecule has 0 spiro atoms. The lowest BCUT2D eigenvalue weighted by molar-refractivity contribution is -0.132. The lowest BCUT2D eigenvalue weighted by Crippen LogP contribution is -1.93. The Hall–Kier alpha value is -2.36. The Bertz CT molecular complexity index is 583. The van der Waals surface area contributed by atoms with E-state index in [1.54, 1.807) is 12.1 Å². The molecular weight excluding hydrogens is 220 g/mol. The van der Waals surface area contributed by atoms with E-state index in [0.717, 1.165) is 5.39 Å². The van der Waals surface area contributed by atoms with Crippen molar-refractivity contribution in [3.8, 4) is 0 Å². The van der Waals surface area contributed by atoms with Gasteiger partial charge in [0.2, 0.25) is 0 Å². The van der Waals surface area contributed by atoms with E-state index in [0.29, 0.717) is 5.58 Å². The average molecular weight is 232 g/mol. The van der Waals surface area contributed by atoms with E-state index in [9.17, 15) is 9.59 Å². The van der Waals surface area contributed by atoms with Crippen molar-refractivity contribution in [2.75, 3.05) is 0 Å². The summed E-state index contributed by atoms with van der Waals surface area (Å²) >= 11 is 0. The van der Waals surface area contributed by atoms with Gasteiger partial charge in [0.05, 0.1) is 0 Å². The van der Waals surface area contributed by atoms with E-state index in [1.807, 2.05) is 18.2 Å². The van der Waals surface area contributed by atoms with Gasteiger partial charge < -0.3 is 9.52 Å². The van der Waals surface area contributed by atoms with Crippen LogP contribution in [0.1, 0.15) is 6.92 Å². The fourth-order valence-electron chi connectivity index (χ4n) is 1.01. The molecule has 0 aliphatic rings. The number of hydrogen-bond acceptors (Lipinski definition) is 3. The molecule has 0 radical (unpaired) electrons. The first-order chi connectivity index (χ1) is 8.00. The van der Waals surface area contributed by atoms with Crippen LogP contribution in [0.25, 0.3) is 11.0 Å². The number of para-hydroxylation sites is 1. The van der Waals surface area contributed by atoms with Crippen LogP contribution >= 0.6 is 0 Å². The van der Waals surface area contributed by atoms with Gasteiger partial charge in [-0.05, 0) is 19.1 Å². The SMILES string of the molecule is C=C(C)C(=O)O.O=c1ccc2ccccc2o1. The first-order valence-electron chi connectivity index (χ1n) is 4.88. The molecule has 4 nitrogen and oxygen atoms in total. The van der Waals surface area contributed by atoms with E-state index in [1.165, 1.54) is 13.0 Å². The molecule has 0 saturated heterocycles. The molecule has 0 fully saturated rings. The molecule has 0 aliphatic heterocycles. The second kappa shape index (κ2) is 5.65. The van der Waals surface area contributed by atoms with Gasteiger partial charge in [-0.2, -0.15) is 0 Å². The zero-order valence-electron chi connectivity index (χ0n) is 9.34. The summed E-state index contributed by atoms with van der Waals surface area (Å²) in [5.41, 5.74) is 0.513. The fourth-order valence-corrected chi connectivity index (χ4v) is 1.01. The van der Waals surface area contributed by atoms with Crippen molar-refractivity contribution < 1.29 is 14.3 Å². The maximum Gasteiger partial charge on any atom is 0.336 e. The highest BCUT2D eigenvalue weighted by Crippen LogP contribution is 2.08. The largest absolute Gasteiger partial charge is 0.478 e. The third-order valence-corrected chi connectivity index (χ3v) is 1.89. The number of carboxylic acids is 1. The summed E-state index contributed by atoms with van der Waals surface area (Å²) in [6, 6.07) is 10.6. The van der Waals surface area contributed by atoms with Crippen molar-refractivity contribution in [3.63, 3.8) is 0 Å². The number of carbonyl (C=O) groups is 1. The topological polar surface area (TPSA) is 67.5 Å². The molecule has 17 heavy (non-hydrogen) atoms. The van der Waals surface area contributed by atoms with Crippen LogP contribution in [-0.4, -0.2) is 11.1 Å². The van der Waals surface area contributed by atoms with Gasteiger partial charge in [-0.3, -0.25) is 0 Å². The van der Waals surface area contributed by atoms with Crippen molar-refractivity contribution in [1.82, 2.24) is 0 Å². The summed E-state index contributed by atoms with van der Waals surface area (Å²) in [5.74, 6) is -0.935. The molecule has 0 saturated carbocycles. The summed E-state index contributed by atoms with van der Waals surface area (Å²) in [6.45, 7) is 4.60. The molecule has 0 unspecified atom stereocenters. The quantitative estimate of drug-likeness (QED) is 0.605. The molecule has 88 valence electrons. The lowest BCUT2D eigenvalue weighted by Gasteiger charge is -1.91. The number of aliphatic carboxylic acids is 1. The predicted molar refractivity (Wildman–Crippen MR) is 64.9 cm³/mol. The minimum atomic E-state index is -0.935. The fraction of sp³-hybridized carbons (Fsp3) is 0.0769. The van der Waals surface area contributed by atoms with Crippen LogP contribution < -0.4 is 5.63 Å². The predicted octanol–water partition coefficient (Wildman–Crippen LogP) is 2.44. The van der Waals surface area contributed by atoms with Gasteiger partial charge in [-0.1, -0.05) is 24.8 Å². The third-order valence-electron chi connectivity index (χ3n) is 1.89. The number of fused-ring (bicyclic) bond motifs is 1. The Morgan fingerprint density at radius 2 is 1.82 bits per heavy atom. The highest BCUT2D eigenvalue weighted by atomic mass is 16.4. The van der Waals surface area contributed by atoms with Crippen LogP contribution in [0.5, 0.6) is 0 Å². The van der Waals surface area contributed by atoms with Crippen LogP contribution in [0.2, 0.25) is 0 Å². The normalized spacial score (nSPS) is 9.24. The zero-order chi connectivity index (χ0) is 12.8. The molecule has 1 N–H and O–H groups in total. The Morgan fingerprint density at radius 1 is 1.24 bits per heavy atom. The smallest absolute Gasteiger partial charge is 0.336 e. The Labute approximate surface area is 97.8 Å². The Kier molecular flexibility index (Phi) is 4.22.